The minimum absolute atomic E-state index is 0.00616. The number of fused-ring (bicyclic) bond motifs is 1. The molecule has 0 aromatic rings. The van der Waals surface area contributed by atoms with Gasteiger partial charge in [0.15, 0.2) is 5.78 Å². The Balaban J connectivity index is 1.94. The van der Waals surface area contributed by atoms with Crippen LogP contribution in [-0.4, -0.2) is 56.6 Å². The fourth-order valence-electron chi connectivity index (χ4n) is 3.90. The van der Waals surface area contributed by atoms with E-state index in [1.807, 2.05) is 0 Å². The zero-order chi connectivity index (χ0) is 14.5. The molecule has 3 rings (SSSR count). The molecule has 0 aromatic heterocycles. The summed E-state index contributed by atoms with van der Waals surface area (Å²) in [6.45, 7) is 3.75. The van der Waals surface area contributed by atoms with Crippen LogP contribution in [-0.2, 0) is 14.4 Å². The number of rotatable bonds is 1. The summed E-state index contributed by atoms with van der Waals surface area (Å²) in [7, 11) is 0. The Bertz CT molecular complexity index is 481. The summed E-state index contributed by atoms with van der Waals surface area (Å²) >= 11 is 1.70. The van der Waals surface area contributed by atoms with Crippen LogP contribution in [0.4, 0.5) is 0 Å². The first kappa shape index (κ1) is 13.9. The normalized spacial score (nSPS) is 36.6. The number of amides is 2. The topological polar surface area (TPSA) is 57.7 Å². The largest absolute Gasteiger partial charge is 0.328 e. The zero-order valence-electron chi connectivity index (χ0n) is 11.9. The quantitative estimate of drug-likeness (QED) is 0.725. The second-order valence-electron chi connectivity index (χ2n) is 5.97. The van der Waals surface area contributed by atoms with Crippen molar-refractivity contribution in [1.82, 2.24) is 9.80 Å². The minimum Gasteiger partial charge on any atom is -0.328 e. The van der Waals surface area contributed by atoms with Crippen LogP contribution in [0.25, 0.3) is 0 Å². The molecule has 0 saturated carbocycles. The van der Waals surface area contributed by atoms with Crippen molar-refractivity contribution in [2.45, 2.75) is 56.5 Å². The molecule has 1 spiro atoms. The maximum atomic E-state index is 13.0. The predicted octanol–water partition coefficient (Wildman–Crippen LogP) is 1.02. The molecule has 0 aliphatic carbocycles. The first-order chi connectivity index (χ1) is 9.47. The maximum absolute atomic E-state index is 13.0. The van der Waals surface area contributed by atoms with Gasteiger partial charge in [-0.15, -0.1) is 11.8 Å². The molecule has 6 heteroatoms. The van der Waals surface area contributed by atoms with E-state index in [9.17, 15) is 14.4 Å². The first-order valence-electron chi connectivity index (χ1n) is 7.20. The lowest BCUT2D eigenvalue weighted by Gasteiger charge is -2.46. The van der Waals surface area contributed by atoms with E-state index in [0.29, 0.717) is 12.3 Å². The van der Waals surface area contributed by atoms with Crippen LogP contribution in [0.1, 0.15) is 39.5 Å². The van der Waals surface area contributed by atoms with Crippen molar-refractivity contribution < 1.29 is 14.4 Å². The van der Waals surface area contributed by atoms with Gasteiger partial charge in [0.1, 0.15) is 11.6 Å². The smallest absolute Gasteiger partial charge is 0.250 e. The molecule has 0 radical (unpaired) electrons. The number of carbonyl (C=O) groups excluding carboxylic acids is 3. The van der Waals surface area contributed by atoms with Crippen LogP contribution in [0.2, 0.25) is 0 Å². The molecule has 20 heavy (non-hydrogen) atoms. The monoisotopic (exact) mass is 296 g/mol. The van der Waals surface area contributed by atoms with Gasteiger partial charge in [0.2, 0.25) is 11.8 Å². The van der Waals surface area contributed by atoms with Crippen LogP contribution in [0.5, 0.6) is 0 Å². The highest BCUT2D eigenvalue weighted by Crippen LogP contribution is 2.46. The molecule has 0 bridgehead atoms. The van der Waals surface area contributed by atoms with Crippen LogP contribution in [0.3, 0.4) is 0 Å². The van der Waals surface area contributed by atoms with E-state index in [2.05, 4.69) is 0 Å². The van der Waals surface area contributed by atoms with Crippen molar-refractivity contribution in [3.8, 4) is 0 Å². The van der Waals surface area contributed by atoms with E-state index in [-0.39, 0.29) is 29.0 Å². The second kappa shape index (κ2) is 4.76. The molecule has 3 aliphatic heterocycles. The number of likely N-dealkylation sites (tertiary alicyclic amines) is 1. The molecule has 3 saturated heterocycles. The lowest BCUT2D eigenvalue weighted by atomic mass is 9.84. The molecule has 5 nitrogen and oxygen atoms in total. The third-order valence-corrected chi connectivity index (χ3v) is 6.22. The highest BCUT2D eigenvalue weighted by atomic mass is 32.2. The Kier molecular flexibility index (Phi) is 3.31. The van der Waals surface area contributed by atoms with E-state index in [1.165, 1.54) is 6.92 Å². The standard InChI is InChI=1S/C14H20N2O3S/c1-9(17)11-8-20-12-4-6-14(13(19)16(11)12)5-3-7-15(14)10(2)18/h11-12H,3-8H2,1-2H3/t11-,12?,14?/m0/s1. The third kappa shape index (κ3) is 1.80. The van der Waals surface area contributed by atoms with E-state index in [0.717, 1.165) is 25.7 Å². The summed E-state index contributed by atoms with van der Waals surface area (Å²) in [5, 5.41) is 0.122. The maximum Gasteiger partial charge on any atom is 0.250 e. The second-order valence-corrected chi connectivity index (χ2v) is 7.18. The van der Waals surface area contributed by atoms with Gasteiger partial charge in [-0.3, -0.25) is 14.4 Å². The number of carbonyl (C=O) groups is 3. The Morgan fingerprint density at radius 3 is 2.70 bits per heavy atom. The number of hydrogen-bond acceptors (Lipinski definition) is 4. The molecule has 0 aromatic carbocycles. The van der Waals surface area contributed by atoms with Crippen molar-refractivity contribution in [1.29, 1.82) is 0 Å². The predicted molar refractivity (Wildman–Crippen MR) is 76.1 cm³/mol. The molecule has 3 atom stereocenters. The van der Waals surface area contributed by atoms with Crippen molar-refractivity contribution in [2.24, 2.45) is 0 Å². The lowest BCUT2D eigenvalue weighted by molar-refractivity contribution is -0.158. The van der Waals surface area contributed by atoms with Gasteiger partial charge < -0.3 is 9.80 Å². The Morgan fingerprint density at radius 1 is 1.30 bits per heavy atom. The van der Waals surface area contributed by atoms with E-state index >= 15 is 0 Å². The van der Waals surface area contributed by atoms with Gasteiger partial charge in [-0.2, -0.15) is 0 Å². The molecule has 3 heterocycles. The number of piperidine rings is 1. The van der Waals surface area contributed by atoms with Gasteiger partial charge >= 0.3 is 0 Å². The van der Waals surface area contributed by atoms with Crippen molar-refractivity contribution in [2.75, 3.05) is 12.3 Å². The van der Waals surface area contributed by atoms with Gasteiger partial charge in [0, 0.05) is 19.2 Å². The van der Waals surface area contributed by atoms with Crippen LogP contribution < -0.4 is 0 Å². The van der Waals surface area contributed by atoms with Gasteiger partial charge in [0.25, 0.3) is 0 Å². The van der Waals surface area contributed by atoms with Crippen molar-refractivity contribution >= 4 is 29.4 Å². The highest BCUT2D eigenvalue weighted by molar-refractivity contribution is 8.00. The molecule has 2 unspecified atom stereocenters. The minimum atomic E-state index is -0.666. The molecule has 0 N–H and O–H groups in total. The average molecular weight is 296 g/mol. The van der Waals surface area contributed by atoms with E-state index in [4.69, 9.17) is 0 Å². The van der Waals surface area contributed by atoms with Crippen molar-refractivity contribution in [3.05, 3.63) is 0 Å². The summed E-state index contributed by atoms with van der Waals surface area (Å²) in [6.07, 6.45) is 3.24. The van der Waals surface area contributed by atoms with Crippen LogP contribution >= 0.6 is 11.8 Å². The van der Waals surface area contributed by atoms with E-state index in [1.54, 1.807) is 28.5 Å². The third-order valence-electron chi connectivity index (χ3n) is 4.87. The van der Waals surface area contributed by atoms with Gasteiger partial charge in [-0.1, -0.05) is 0 Å². The average Bonchev–Trinajstić information content (AvgIpc) is 2.99. The SMILES string of the molecule is CC(=O)[C@@H]1CSC2CCC3(CCCN3C(C)=O)C(=O)N21. The Labute approximate surface area is 123 Å². The van der Waals surface area contributed by atoms with Gasteiger partial charge in [-0.25, -0.2) is 0 Å². The Morgan fingerprint density at radius 2 is 2.05 bits per heavy atom. The molecular weight excluding hydrogens is 276 g/mol. The summed E-state index contributed by atoms with van der Waals surface area (Å²) in [6, 6.07) is -0.302. The number of ketones is 1. The summed E-state index contributed by atoms with van der Waals surface area (Å²) in [5.41, 5.74) is -0.666. The van der Waals surface area contributed by atoms with Crippen LogP contribution in [0, 0.1) is 0 Å². The molecule has 3 fully saturated rings. The van der Waals surface area contributed by atoms with Gasteiger partial charge in [-0.05, 0) is 32.6 Å². The number of nitrogens with zero attached hydrogens (tertiary/aromatic N) is 2. The molecule has 110 valence electrons. The van der Waals surface area contributed by atoms with Crippen LogP contribution in [0.15, 0.2) is 0 Å². The molecule has 2 amide bonds. The number of hydrogen-bond donors (Lipinski definition) is 0. The fraction of sp³-hybridized carbons (Fsp3) is 0.786. The van der Waals surface area contributed by atoms with E-state index < -0.39 is 5.54 Å². The molecule has 3 aliphatic rings. The number of Topliss-reactive ketones (excluding diaryl/α,β-unsaturated/α-hetero) is 1. The Hall–Kier alpha value is -1.04. The summed E-state index contributed by atoms with van der Waals surface area (Å²) in [4.78, 5) is 40.2. The highest BCUT2D eigenvalue weighted by Gasteiger charge is 2.57. The lowest BCUT2D eigenvalue weighted by Crippen LogP contribution is -2.64. The summed E-state index contributed by atoms with van der Waals surface area (Å²) < 4.78 is 0. The zero-order valence-corrected chi connectivity index (χ0v) is 12.7. The number of thioether (sulfide) groups is 1. The van der Waals surface area contributed by atoms with Gasteiger partial charge in [0.05, 0.1) is 5.37 Å². The first-order valence-corrected chi connectivity index (χ1v) is 8.25. The molecular formula is C14H20N2O3S. The summed E-state index contributed by atoms with van der Waals surface area (Å²) in [5.74, 6) is 0.729. The van der Waals surface area contributed by atoms with Crippen molar-refractivity contribution in [3.63, 3.8) is 0 Å². The fourth-order valence-corrected chi connectivity index (χ4v) is 5.39.